The van der Waals surface area contributed by atoms with Gasteiger partial charge < -0.3 is 15.6 Å². The van der Waals surface area contributed by atoms with Gasteiger partial charge in [-0.15, -0.1) is 0 Å². The highest BCUT2D eigenvalue weighted by Gasteiger charge is 2.29. The SMILES string of the molecule is CC1COc2cccc(C(C)C(N)C(=O)O)c21. The van der Waals surface area contributed by atoms with E-state index >= 15 is 0 Å². The van der Waals surface area contributed by atoms with E-state index in [0.717, 1.165) is 16.9 Å². The van der Waals surface area contributed by atoms with Crippen molar-refractivity contribution >= 4 is 5.97 Å². The molecule has 2 rings (SSSR count). The molecule has 3 unspecified atom stereocenters. The second kappa shape index (κ2) is 4.37. The lowest BCUT2D eigenvalue weighted by Gasteiger charge is -2.20. The van der Waals surface area contributed by atoms with E-state index in [9.17, 15) is 4.79 Å². The molecule has 4 heteroatoms. The van der Waals surface area contributed by atoms with Gasteiger partial charge in [0.1, 0.15) is 11.8 Å². The van der Waals surface area contributed by atoms with Crippen LogP contribution in [-0.4, -0.2) is 23.7 Å². The third-order valence-corrected chi connectivity index (χ3v) is 3.40. The molecule has 0 fully saturated rings. The Bertz CT molecular complexity index is 444. The van der Waals surface area contributed by atoms with Crippen molar-refractivity contribution in [1.29, 1.82) is 0 Å². The summed E-state index contributed by atoms with van der Waals surface area (Å²) in [5, 5.41) is 8.97. The lowest BCUT2D eigenvalue weighted by atomic mass is 9.86. The topological polar surface area (TPSA) is 72.5 Å². The molecule has 0 aromatic heterocycles. The maximum atomic E-state index is 10.9. The normalized spacial score (nSPS) is 21.5. The highest BCUT2D eigenvalue weighted by atomic mass is 16.5. The second-order valence-corrected chi connectivity index (χ2v) is 4.62. The van der Waals surface area contributed by atoms with Gasteiger partial charge in [0.05, 0.1) is 6.61 Å². The van der Waals surface area contributed by atoms with Crippen molar-refractivity contribution in [2.24, 2.45) is 5.73 Å². The van der Waals surface area contributed by atoms with E-state index in [-0.39, 0.29) is 5.92 Å². The Labute approximate surface area is 100 Å². The van der Waals surface area contributed by atoms with Gasteiger partial charge in [0, 0.05) is 17.4 Å². The molecule has 92 valence electrons. The van der Waals surface area contributed by atoms with Crippen LogP contribution in [-0.2, 0) is 4.79 Å². The largest absolute Gasteiger partial charge is 0.493 e. The van der Waals surface area contributed by atoms with Gasteiger partial charge in [0.25, 0.3) is 0 Å². The molecule has 0 amide bonds. The second-order valence-electron chi connectivity index (χ2n) is 4.62. The van der Waals surface area contributed by atoms with Gasteiger partial charge in [0.15, 0.2) is 0 Å². The zero-order valence-electron chi connectivity index (χ0n) is 10.0. The van der Waals surface area contributed by atoms with Gasteiger partial charge in [-0.3, -0.25) is 4.79 Å². The molecular weight excluding hydrogens is 218 g/mol. The average molecular weight is 235 g/mol. The fraction of sp³-hybridized carbons (Fsp3) is 0.462. The molecule has 3 atom stereocenters. The van der Waals surface area contributed by atoms with Crippen LogP contribution in [0.3, 0.4) is 0 Å². The zero-order chi connectivity index (χ0) is 12.6. The molecule has 0 spiro atoms. The molecule has 1 aromatic rings. The Balaban J connectivity index is 2.40. The first-order valence-corrected chi connectivity index (χ1v) is 5.76. The summed E-state index contributed by atoms with van der Waals surface area (Å²) in [5.74, 6) is -0.0302. The third kappa shape index (κ3) is 2.00. The van der Waals surface area contributed by atoms with Crippen molar-refractivity contribution in [2.45, 2.75) is 31.7 Å². The van der Waals surface area contributed by atoms with Gasteiger partial charge in [-0.1, -0.05) is 26.0 Å². The Morgan fingerprint density at radius 2 is 2.29 bits per heavy atom. The van der Waals surface area contributed by atoms with Gasteiger partial charge in [-0.2, -0.15) is 0 Å². The van der Waals surface area contributed by atoms with Crippen molar-refractivity contribution in [3.05, 3.63) is 29.3 Å². The maximum Gasteiger partial charge on any atom is 0.321 e. The molecule has 0 saturated heterocycles. The molecule has 1 aliphatic rings. The minimum Gasteiger partial charge on any atom is -0.493 e. The zero-order valence-corrected chi connectivity index (χ0v) is 10.0. The van der Waals surface area contributed by atoms with Crippen molar-refractivity contribution in [3.8, 4) is 5.75 Å². The van der Waals surface area contributed by atoms with Crippen molar-refractivity contribution in [1.82, 2.24) is 0 Å². The van der Waals surface area contributed by atoms with E-state index in [2.05, 4.69) is 6.92 Å². The molecule has 1 aromatic carbocycles. The number of benzene rings is 1. The van der Waals surface area contributed by atoms with E-state index in [4.69, 9.17) is 15.6 Å². The highest BCUT2D eigenvalue weighted by Crippen LogP contribution is 2.39. The van der Waals surface area contributed by atoms with Crippen molar-refractivity contribution in [2.75, 3.05) is 6.61 Å². The lowest BCUT2D eigenvalue weighted by Crippen LogP contribution is -2.35. The molecule has 0 radical (unpaired) electrons. The van der Waals surface area contributed by atoms with Gasteiger partial charge in [-0.05, 0) is 11.6 Å². The molecular formula is C13H17NO3. The van der Waals surface area contributed by atoms with E-state index in [1.165, 1.54) is 0 Å². The minimum atomic E-state index is -0.971. The van der Waals surface area contributed by atoms with E-state index in [1.54, 1.807) is 0 Å². The number of hydrogen-bond acceptors (Lipinski definition) is 3. The molecule has 1 aliphatic heterocycles. The molecule has 0 saturated carbocycles. The van der Waals surface area contributed by atoms with Crippen LogP contribution in [0.15, 0.2) is 18.2 Å². The standard InChI is InChI=1S/C13H17NO3/c1-7-6-17-10-5-3-4-9(11(7)10)8(2)12(14)13(15)16/h3-5,7-8,12H,6,14H2,1-2H3,(H,15,16). The van der Waals surface area contributed by atoms with Crippen LogP contribution in [0, 0.1) is 0 Å². The molecule has 4 nitrogen and oxygen atoms in total. The smallest absolute Gasteiger partial charge is 0.321 e. The quantitative estimate of drug-likeness (QED) is 0.836. The number of nitrogens with two attached hydrogens (primary N) is 1. The average Bonchev–Trinajstić information content (AvgIpc) is 2.69. The number of hydrogen-bond donors (Lipinski definition) is 2. The summed E-state index contributed by atoms with van der Waals surface area (Å²) < 4.78 is 5.55. The van der Waals surface area contributed by atoms with Crippen LogP contribution in [0.5, 0.6) is 5.75 Å². The number of fused-ring (bicyclic) bond motifs is 1. The van der Waals surface area contributed by atoms with Gasteiger partial charge in [0.2, 0.25) is 0 Å². The summed E-state index contributed by atoms with van der Waals surface area (Å²) in [6.45, 7) is 4.58. The maximum absolute atomic E-state index is 10.9. The minimum absolute atomic E-state index is 0.216. The number of carboxylic acid groups (broad SMARTS) is 1. The number of rotatable bonds is 3. The summed E-state index contributed by atoms with van der Waals surface area (Å²) in [5.41, 5.74) is 7.79. The van der Waals surface area contributed by atoms with Crippen molar-refractivity contribution < 1.29 is 14.6 Å². The van der Waals surface area contributed by atoms with Crippen LogP contribution in [0.4, 0.5) is 0 Å². The summed E-state index contributed by atoms with van der Waals surface area (Å²) >= 11 is 0. The summed E-state index contributed by atoms with van der Waals surface area (Å²) in [6, 6.07) is 4.87. The fourth-order valence-electron chi connectivity index (χ4n) is 2.32. The highest BCUT2D eigenvalue weighted by molar-refractivity contribution is 5.74. The number of aliphatic carboxylic acids is 1. The van der Waals surface area contributed by atoms with Crippen LogP contribution in [0.1, 0.15) is 36.8 Å². The summed E-state index contributed by atoms with van der Waals surface area (Å²) in [6.07, 6.45) is 0. The Hall–Kier alpha value is -1.55. The Kier molecular flexibility index (Phi) is 3.07. The first-order chi connectivity index (χ1) is 8.02. The fourth-order valence-corrected chi connectivity index (χ4v) is 2.32. The van der Waals surface area contributed by atoms with Gasteiger partial charge in [-0.25, -0.2) is 0 Å². The van der Waals surface area contributed by atoms with Crippen LogP contribution < -0.4 is 10.5 Å². The lowest BCUT2D eigenvalue weighted by molar-refractivity contribution is -0.139. The number of carbonyl (C=O) groups is 1. The molecule has 0 aliphatic carbocycles. The van der Waals surface area contributed by atoms with E-state index < -0.39 is 12.0 Å². The molecule has 0 bridgehead atoms. The third-order valence-electron chi connectivity index (χ3n) is 3.40. The molecule has 3 N–H and O–H groups in total. The predicted molar refractivity (Wildman–Crippen MR) is 64.4 cm³/mol. The van der Waals surface area contributed by atoms with Crippen LogP contribution in [0.2, 0.25) is 0 Å². The predicted octanol–water partition coefficient (Wildman–Crippen LogP) is 1.70. The Morgan fingerprint density at radius 1 is 1.59 bits per heavy atom. The molecule has 1 heterocycles. The van der Waals surface area contributed by atoms with Crippen LogP contribution in [0.25, 0.3) is 0 Å². The van der Waals surface area contributed by atoms with Crippen molar-refractivity contribution in [3.63, 3.8) is 0 Å². The number of carboxylic acids is 1. The summed E-state index contributed by atoms with van der Waals surface area (Å²) in [7, 11) is 0. The summed E-state index contributed by atoms with van der Waals surface area (Å²) in [4.78, 5) is 10.9. The van der Waals surface area contributed by atoms with Crippen LogP contribution >= 0.6 is 0 Å². The molecule has 17 heavy (non-hydrogen) atoms. The number of ether oxygens (including phenoxy) is 1. The Morgan fingerprint density at radius 3 is 2.94 bits per heavy atom. The van der Waals surface area contributed by atoms with E-state index in [0.29, 0.717) is 12.5 Å². The first-order valence-electron chi connectivity index (χ1n) is 5.76. The van der Waals surface area contributed by atoms with E-state index in [1.807, 2.05) is 25.1 Å². The monoisotopic (exact) mass is 235 g/mol. The van der Waals surface area contributed by atoms with Gasteiger partial charge >= 0.3 is 5.97 Å². The first kappa shape index (κ1) is 11.9.